The molecule has 0 aromatic carbocycles. The van der Waals surface area contributed by atoms with Crippen LogP contribution in [0.25, 0.3) is 0 Å². The quantitative estimate of drug-likeness (QED) is 0.375. The van der Waals surface area contributed by atoms with E-state index in [1.807, 2.05) is 0 Å². The van der Waals surface area contributed by atoms with Gasteiger partial charge in [0.25, 0.3) is 0 Å². The normalized spacial score (nSPS) is 25.0. The fraction of sp³-hybridized carbons (Fsp3) is 0.875. The Morgan fingerprint density at radius 3 is 3.00 bits per heavy atom. The fourth-order valence-corrected chi connectivity index (χ4v) is 1.51. The van der Waals surface area contributed by atoms with Gasteiger partial charge in [-0.25, -0.2) is 0 Å². The molecule has 0 N–H and O–H groups in total. The SMILES string of the molecule is C[C@H](CC1CCOC(=O)C1)[N+](=O)[O-]. The highest BCUT2D eigenvalue weighted by Crippen LogP contribution is 2.21. The Hall–Kier alpha value is -1.13. The number of hydrogen-bond acceptors (Lipinski definition) is 4. The molecule has 74 valence electrons. The van der Waals surface area contributed by atoms with Crippen molar-refractivity contribution >= 4 is 5.97 Å². The van der Waals surface area contributed by atoms with Crippen LogP contribution in [0, 0.1) is 16.0 Å². The third kappa shape index (κ3) is 3.01. The molecular weight excluding hydrogens is 174 g/mol. The third-order valence-electron chi connectivity index (χ3n) is 2.28. The van der Waals surface area contributed by atoms with E-state index < -0.39 is 6.04 Å². The molecule has 0 aromatic rings. The summed E-state index contributed by atoms with van der Waals surface area (Å²) in [6, 6.07) is -0.559. The molecule has 1 saturated heterocycles. The third-order valence-corrected chi connectivity index (χ3v) is 2.28. The highest BCUT2D eigenvalue weighted by Gasteiger charge is 2.26. The van der Waals surface area contributed by atoms with Crippen molar-refractivity contribution < 1.29 is 14.5 Å². The molecule has 0 spiro atoms. The number of ether oxygens (including phenoxy) is 1. The van der Waals surface area contributed by atoms with Crippen LogP contribution in [0.3, 0.4) is 0 Å². The molecule has 5 nitrogen and oxygen atoms in total. The van der Waals surface area contributed by atoms with E-state index in [1.165, 1.54) is 0 Å². The van der Waals surface area contributed by atoms with Gasteiger partial charge in [0.15, 0.2) is 0 Å². The van der Waals surface area contributed by atoms with E-state index in [-0.39, 0.29) is 16.8 Å². The van der Waals surface area contributed by atoms with Gasteiger partial charge in [-0.15, -0.1) is 0 Å². The van der Waals surface area contributed by atoms with E-state index in [4.69, 9.17) is 4.74 Å². The second-order valence-electron chi connectivity index (χ2n) is 3.45. The van der Waals surface area contributed by atoms with E-state index in [0.717, 1.165) is 6.42 Å². The zero-order chi connectivity index (χ0) is 9.84. The van der Waals surface area contributed by atoms with Crippen LogP contribution in [0.5, 0.6) is 0 Å². The van der Waals surface area contributed by atoms with Crippen molar-refractivity contribution in [3.63, 3.8) is 0 Å². The average molecular weight is 187 g/mol. The van der Waals surface area contributed by atoms with Crippen LogP contribution in [0.1, 0.15) is 26.2 Å². The zero-order valence-electron chi connectivity index (χ0n) is 7.56. The largest absolute Gasteiger partial charge is 0.466 e. The monoisotopic (exact) mass is 187 g/mol. The molecule has 0 radical (unpaired) electrons. The first-order valence-corrected chi connectivity index (χ1v) is 4.38. The van der Waals surface area contributed by atoms with Crippen LogP contribution < -0.4 is 0 Å². The summed E-state index contributed by atoms with van der Waals surface area (Å²) in [5.74, 6) is -0.103. The van der Waals surface area contributed by atoms with Crippen molar-refractivity contribution in [3.8, 4) is 0 Å². The van der Waals surface area contributed by atoms with Crippen LogP contribution in [-0.4, -0.2) is 23.5 Å². The molecule has 13 heavy (non-hydrogen) atoms. The second-order valence-corrected chi connectivity index (χ2v) is 3.45. The molecule has 0 amide bonds. The molecule has 5 heteroatoms. The maximum Gasteiger partial charge on any atom is 0.306 e. The van der Waals surface area contributed by atoms with Gasteiger partial charge in [0.05, 0.1) is 6.61 Å². The first kappa shape index (κ1) is 9.95. The van der Waals surface area contributed by atoms with Crippen molar-refractivity contribution in [2.75, 3.05) is 6.61 Å². The summed E-state index contributed by atoms with van der Waals surface area (Å²) in [5, 5.41) is 10.3. The van der Waals surface area contributed by atoms with E-state index in [0.29, 0.717) is 19.4 Å². The Morgan fingerprint density at radius 2 is 2.46 bits per heavy atom. The lowest BCUT2D eigenvalue weighted by Gasteiger charge is -2.21. The number of rotatable bonds is 3. The van der Waals surface area contributed by atoms with Crippen molar-refractivity contribution in [2.24, 2.45) is 5.92 Å². The van der Waals surface area contributed by atoms with Gasteiger partial charge in [0.1, 0.15) is 0 Å². The van der Waals surface area contributed by atoms with Crippen LogP contribution in [0.2, 0.25) is 0 Å². The zero-order valence-corrected chi connectivity index (χ0v) is 7.56. The summed E-state index contributed by atoms with van der Waals surface area (Å²) in [6.45, 7) is 1.98. The molecular formula is C8H13NO4. The summed E-state index contributed by atoms with van der Waals surface area (Å²) in [6.07, 6.45) is 1.56. The maximum absolute atomic E-state index is 10.8. The summed E-state index contributed by atoms with van der Waals surface area (Å²) in [4.78, 5) is 20.9. The van der Waals surface area contributed by atoms with Crippen molar-refractivity contribution in [1.29, 1.82) is 0 Å². The lowest BCUT2D eigenvalue weighted by molar-refractivity contribution is -0.520. The van der Waals surface area contributed by atoms with Gasteiger partial charge < -0.3 is 4.74 Å². The fourth-order valence-electron chi connectivity index (χ4n) is 1.51. The van der Waals surface area contributed by atoms with Crippen LogP contribution in [-0.2, 0) is 9.53 Å². The summed E-state index contributed by atoms with van der Waals surface area (Å²) in [5.41, 5.74) is 0. The van der Waals surface area contributed by atoms with Gasteiger partial charge in [-0.3, -0.25) is 14.9 Å². The van der Waals surface area contributed by atoms with E-state index >= 15 is 0 Å². The number of carbonyl (C=O) groups excluding carboxylic acids is 1. The molecule has 0 saturated carbocycles. The van der Waals surface area contributed by atoms with Gasteiger partial charge in [0.2, 0.25) is 6.04 Å². The highest BCUT2D eigenvalue weighted by atomic mass is 16.6. The van der Waals surface area contributed by atoms with Crippen molar-refractivity contribution in [2.45, 2.75) is 32.2 Å². The van der Waals surface area contributed by atoms with Crippen LogP contribution in [0.15, 0.2) is 0 Å². The lowest BCUT2D eigenvalue weighted by atomic mass is 9.93. The standard InChI is InChI=1S/C8H13NO4/c1-6(9(11)12)4-7-2-3-13-8(10)5-7/h6-7H,2-5H2,1H3/t6-,7?/m1/s1. The Morgan fingerprint density at radius 1 is 1.77 bits per heavy atom. The van der Waals surface area contributed by atoms with Crippen LogP contribution >= 0.6 is 0 Å². The second kappa shape index (κ2) is 4.20. The number of hydrogen-bond donors (Lipinski definition) is 0. The Bertz CT molecular complexity index is 216. The number of nitrogens with zero attached hydrogens (tertiary/aromatic N) is 1. The molecule has 0 aromatic heterocycles. The van der Waals surface area contributed by atoms with Gasteiger partial charge >= 0.3 is 5.97 Å². The highest BCUT2D eigenvalue weighted by molar-refractivity contribution is 5.70. The number of cyclic esters (lactones) is 1. The topological polar surface area (TPSA) is 69.4 Å². The molecule has 1 aliphatic heterocycles. The molecule has 2 atom stereocenters. The Balaban J connectivity index is 2.35. The van der Waals surface area contributed by atoms with E-state index in [9.17, 15) is 14.9 Å². The maximum atomic E-state index is 10.8. The van der Waals surface area contributed by atoms with Crippen LogP contribution in [0.4, 0.5) is 0 Å². The summed E-state index contributed by atoms with van der Waals surface area (Å²) in [7, 11) is 0. The smallest absolute Gasteiger partial charge is 0.306 e. The number of esters is 1. The Labute approximate surface area is 76.2 Å². The first-order valence-electron chi connectivity index (χ1n) is 4.38. The minimum atomic E-state index is -0.559. The number of nitro groups is 1. The van der Waals surface area contributed by atoms with Crippen molar-refractivity contribution in [1.82, 2.24) is 0 Å². The lowest BCUT2D eigenvalue weighted by Crippen LogP contribution is -2.26. The van der Waals surface area contributed by atoms with Crippen molar-refractivity contribution in [3.05, 3.63) is 10.1 Å². The van der Waals surface area contributed by atoms with Gasteiger partial charge in [0, 0.05) is 24.7 Å². The first-order chi connectivity index (χ1) is 6.09. The van der Waals surface area contributed by atoms with E-state index in [2.05, 4.69) is 0 Å². The summed E-state index contributed by atoms with van der Waals surface area (Å²) < 4.78 is 4.74. The van der Waals surface area contributed by atoms with Gasteiger partial charge in [-0.1, -0.05) is 0 Å². The minimum Gasteiger partial charge on any atom is -0.466 e. The van der Waals surface area contributed by atoms with Gasteiger partial charge in [-0.05, 0) is 12.3 Å². The summed E-state index contributed by atoms with van der Waals surface area (Å²) >= 11 is 0. The molecule has 1 rings (SSSR count). The Kier molecular flexibility index (Phi) is 3.22. The predicted octanol–water partition coefficient (Wildman–Crippen LogP) is 0.995. The average Bonchev–Trinajstić information content (AvgIpc) is 2.04. The molecule has 0 aliphatic carbocycles. The molecule has 1 fully saturated rings. The minimum absolute atomic E-state index is 0.127. The molecule has 1 aliphatic rings. The van der Waals surface area contributed by atoms with E-state index in [1.54, 1.807) is 6.92 Å². The predicted molar refractivity (Wildman–Crippen MR) is 44.8 cm³/mol. The van der Waals surface area contributed by atoms with Gasteiger partial charge in [-0.2, -0.15) is 0 Å². The molecule has 0 bridgehead atoms. The molecule has 1 unspecified atom stereocenters. The number of carbonyl (C=O) groups is 1. The molecule has 1 heterocycles.